The summed E-state index contributed by atoms with van der Waals surface area (Å²) in [4.78, 5) is 17.5. The van der Waals surface area contributed by atoms with Crippen LogP contribution in [0.15, 0.2) is 12.3 Å². The molecule has 0 unspecified atom stereocenters. The van der Waals surface area contributed by atoms with Gasteiger partial charge < -0.3 is 19.5 Å². The standard InChI is InChI=1S/C14H18N2O4/c1-10-8-12(11(9-15-10)13(17)18)16-4-2-14(3-5-16)19-6-7-20-14/h8-9H,2-7H2,1H3,(H,17,18). The van der Waals surface area contributed by atoms with E-state index in [0.29, 0.717) is 13.2 Å². The van der Waals surface area contributed by atoms with Gasteiger partial charge in [-0.25, -0.2) is 4.79 Å². The molecule has 1 spiro atoms. The number of carbonyl (C=O) groups is 1. The van der Waals surface area contributed by atoms with Crippen LogP contribution in [0.4, 0.5) is 5.69 Å². The summed E-state index contributed by atoms with van der Waals surface area (Å²) < 4.78 is 11.4. The topological polar surface area (TPSA) is 71.9 Å². The summed E-state index contributed by atoms with van der Waals surface area (Å²) in [6, 6.07) is 1.83. The fourth-order valence-corrected chi connectivity index (χ4v) is 2.85. The maximum atomic E-state index is 11.3. The van der Waals surface area contributed by atoms with Crippen molar-refractivity contribution in [2.75, 3.05) is 31.2 Å². The van der Waals surface area contributed by atoms with Crippen LogP contribution in [0.5, 0.6) is 0 Å². The third-order valence-corrected chi connectivity index (χ3v) is 3.93. The maximum absolute atomic E-state index is 11.3. The molecule has 0 saturated carbocycles. The molecule has 2 aliphatic rings. The Morgan fingerprint density at radius 3 is 2.60 bits per heavy atom. The van der Waals surface area contributed by atoms with Crippen LogP contribution >= 0.6 is 0 Å². The fraction of sp³-hybridized carbons (Fsp3) is 0.571. The molecule has 0 radical (unpaired) electrons. The van der Waals surface area contributed by atoms with Gasteiger partial charge in [-0.3, -0.25) is 4.98 Å². The molecule has 0 amide bonds. The van der Waals surface area contributed by atoms with Gasteiger partial charge in [-0.15, -0.1) is 0 Å². The first-order valence-electron chi connectivity index (χ1n) is 6.82. The van der Waals surface area contributed by atoms with Gasteiger partial charge in [0.2, 0.25) is 0 Å². The summed E-state index contributed by atoms with van der Waals surface area (Å²) in [5.41, 5.74) is 1.80. The second-order valence-electron chi connectivity index (χ2n) is 5.24. The highest BCUT2D eigenvalue weighted by atomic mass is 16.7. The number of pyridine rings is 1. The molecule has 6 heteroatoms. The van der Waals surface area contributed by atoms with Crippen LogP contribution in [0.1, 0.15) is 28.9 Å². The third-order valence-electron chi connectivity index (χ3n) is 3.93. The van der Waals surface area contributed by atoms with E-state index in [4.69, 9.17) is 9.47 Å². The summed E-state index contributed by atoms with van der Waals surface area (Å²) in [7, 11) is 0. The number of aromatic carboxylic acids is 1. The Hall–Kier alpha value is -1.66. The van der Waals surface area contributed by atoms with Crippen molar-refractivity contribution < 1.29 is 19.4 Å². The van der Waals surface area contributed by atoms with Crippen molar-refractivity contribution in [1.29, 1.82) is 0 Å². The van der Waals surface area contributed by atoms with E-state index in [9.17, 15) is 9.90 Å². The van der Waals surface area contributed by atoms with E-state index >= 15 is 0 Å². The van der Waals surface area contributed by atoms with Crippen molar-refractivity contribution in [2.45, 2.75) is 25.6 Å². The first-order chi connectivity index (χ1) is 9.60. The highest BCUT2D eigenvalue weighted by Gasteiger charge is 2.40. The van der Waals surface area contributed by atoms with Crippen molar-refractivity contribution in [3.63, 3.8) is 0 Å². The lowest BCUT2D eigenvalue weighted by atomic mass is 10.0. The Kier molecular flexibility index (Phi) is 3.35. The Bertz CT molecular complexity index is 516. The number of carboxylic acids is 1. The summed E-state index contributed by atoms with van der Waals surface area (Å²) in [6.07, 6.45) is 2.95. The molecule has 0 bridgehead atoms. The summed E-state index contributed by atoms with van der Waals surface area (Å²) >= 11 is 0. The molecule has 2 aliphatic heterocycles. The SMILES string of the molecule is Cc1cc(N2CCC3(CC2)OCCO3)c(C(=O)O)cn1. The lowest BCUT2D eigenvalue weighted by Crippen LogP contribution is -2.45. The minimum Gasteiger partial charge on any atom is -0.478 e. The van der Waals surface area contributed by atoms with Gasteiger partial charge in [-0.05, 0) is 13.0 Å². The summed E-state index contributed by atoms with van der Waals surface area (Å²) in [5, 5.41) is 9.28. The first kappa shape index (κ1) is 13.3. The van der Waals surface area contributed by atoms with E-state index in [1.807, 2.05) is 13.0 Å². The molecule has 2 fully saturated rings. The number of carboxylic acid groups (broad SMARTS) is 1. The number of hydrogen-bond donors (Lipinski definition) is 1. The average Bonchev–Trinajstić information content (AvgIpc) is 2.87. The number of nitrogens with zero attached hydrogens (tertiary/aromatic N) is 2. The van der Waals surface area contributed by atoms with Gasteiger partial charge in [0.1, 0.15) is 5.56 Å². The van der Waals surface area contributed by atoms with E-state index in [1.54, 1.807) is 0 Å². The van der Waals surface area contributed by atoms with Crippen molar-refractivity contribution in [2.24, 2.45) is 0 Å². The quantitative estimate of drug-likeness (QED) is 0.882. The summed E-state index contributed by atoms with van der Waals surface area (Å²) in [5.74, 6) is -1.39. The minimum absolute atomic E-state index is 0.250. The van der Waals surface area contributed by atoms with Crippen molar-refractivity contribution in [3.05, 3.63) is 23.5 Å². The predicted octanol–water partition coefficient (Wildman–Crippen LogP) is 1.43. The number of anilines is 1. The van der Waals surface area contributed by atoms with Gasteiger partial charge >= 0.3 is 5.97 Å². The molecule has 2 saturated heterocycles. The number of hydrogen-bond acceptors (Lipinski definition) is 5. The first-order valence-corrected chi connectivity index (χ1v) is 6.82. The lowest BCUT2D eigenvalue weighted by molar-refractivity contribution is -0.169. The number of aryl methyl sites for hydroxylation is 1. The Morgan fingerprint density at radius 2 is 2.00 bits per heavy atom. The van der Waals surface area contributed by atoms with Gasteiger partial charge in [0, 0.05) is 37.8 Å². The molecule has 20 heavy (non-hydrogen) atoms. The van der Waals surface area contributed by atoms with Crippen LogP contribution in [0.3, 0.4) is 0 Å². The molecule has 0 atom stereocenters. The third kappa shape index (κ3) is 2.36. The molecular weight excluding hydrogens is 260 g/mol. The van der Waals surface area contributed by atoms with Crippen molar-refractivity contribution in [1.82, 2.24) is 4.98 Å². The zero-order valence-electron chi connectivity index (χ0n) is 11.5. The van der Waals surface area contributed by atoms with Gasteiger partial charge in [0.25, 0.3) is 0 Å². The fourth-order valence-electron chi connectivity index (χ4n) is 2.85. The van der Waals surface area contributed by atoms with Crippen molar-refractivity contribution >= 4 is 11.7 Å². The molecule has 0 aromatic carbocycles. The zero-order valence-corrected chi connectivity index (χ0v) is 11.5. The van der Waals surface area contributed by atoms with Crippen LogP contribution in [0.25, 0.3) is 0 Å². The molecule has 108 valence electrons. The second-order valence-corrected chi connectivity index (χ2v) is 5.24. The number of ether oxygens (including phenoxy) is 2. The van der Waals surface area contributed by atoms with E-state index in [2.05, 4.69) is 9.88 Å². The Labute approximate surface area is 117 Å². The predicted molar refractivity (Wildman–Crippen MR) is 72.0 cm³/mol. The monoisotopic (exact) mass is 278 g/mol. The summed E-state index contributed by atoms with van der Waals surface area (Å²) in [6.45, 7) is 4.61. The van der Waals surface area contributed by atoms with Gasteiger partial charge in [0.15, 0.2) is 5.79 Å². The molecule has 3 heterocycles. The van der Waals surface area contributed by atoms with Crippen LogP contribution in [0, 0.1) is 6.92 Å². The Balaban J connectivity index is 1.80. The van der Waals surface area contributed by atoms with Crippen LogP contribution < -0.4 is 4.90 Å². The molecule has 1 N–H and O–H groups in total. The molecule has 0 aliphatic carbocycles. The van der Waals surface area contributed by atoms with Crippen LogP contribution in [-0.4, -0.2) is 48.2 Å². The van der Waals surface area contributed by atoms with Gasteiger partial charge in [0.05, 0.1) is 18.9 Å². The number of piperidine rings is 1. The lowest BCUT2D eigenvalue weighted by Gasteiger charge is -2.39. The average molecular weight is 278 g/mol. The normalized spacial score (nSPS) is 21.4. The highest BCUT2D eigenvalue weighted by Crippen LogP contribution is 2.34. The van der Waals surface area contributed by atoms with E-state index < -0.39 is 11.8 Å². The molecule has 1 aromatic heterocycles. The largest absolute Gasteiger partial charge is 0.478 e. The second kappa shape index (κ2) is 5.03. The number of rotatable bonds is 2. The molecule has 6 nitrogen and oxygen atoms in total. The minimum atomic E-state index is -0.943. The van der Waals surface area contributed by atoms with Crippen molar-refractivity contribution in [3.8, 4) is 0 Å². The van der Waals surface area contributed by atoms with E-state index in [-0.39, 0.29) is 5.56 Å². The molecular formula is C14H18N2O4. The smallest absolute Gasteiger partial charge is 0.339 e. The van der Waals surface area contributed by atoms with E-state index in [1.165, 1.54) is 6.20 Å². The Morgan fingerprint density at radius 1 is 1.35 bits per heavy atom. The molecule has 3 rings (SSSR count). The van der Waals surface area contributed by atoms with Crippen LogP contribution in [-0.2, 0) is 9.47 Å². The maximum Gasteiger partial charge on any atom is 0.339 e. The number of aromatic nitrogens is 1. The van der Waals surface area contributed by atoms with Gasteiger partial charge in [-0.1, -0.05) is 0 Å². The highest BCUT2D eigenvalue weighted by molar-refractivity contribution is 5.94. The van der Waals surface area contributed by atoms with Gasteiger partial charge in [-0.2, -0.15) is 0 Å². The van der Waals surface area contributed by atoms with Crippen LogP contribution in [0.2, 0.25) is 0 Å². The molecule has 1 aromatic rings. The zero-order chi connectivity index (χ0) is 14.2. The van der Waals surface area contributed by atoms with E-state index in [0.717, 1.165) is 37.3 Å².